The molecular formula is C31H28N4O4S2. The van der Waals surface area contributed by atoms with Crippen LogP contribution in [0.5, 0.6) is 5.75 Å². The van der Waals surface area contributed by atoms with Crippen molar-refractivity contribution in [1.29, 1.82) is 0 Å². The highest BCUT2D eigenvalue weighted by Crippen LogP contribution is 2.32. The Bertz CT molecular complexity index is 1770. The average molecular weight is 585 g/mol. The van der Waals surface area contributed by atoms with E-state index in [-0.39, 0.29) is 17.0 Å². The zero-order chi connectivity index (χ0) is 28.8. The van der Waals surface area contributed by atoms with Gasteiger partial charge in [0.1, 0.15) is 5.75 Å². The van der Waals surface area contributed by atoms with Crippen LogP contribution in [0.1, 0.15) is 28.4 Å². The number of aromatic nitrogens is 1. The van der Waals surface area contributed by atoms with Crippen molar-refractivity contribution >= 4 is 48.8 Å². The van der Waals surface area contributed by atoms with Gasteiger partial charge in [0.05, 0.1) is 28.4 Å². The fourth-order valence-electron chi connectivity index (χ4n) is 4.16. The molecular weight excluding hydrogens is 556 g/mol. The number of rotatable bonds is 10. The molecule has 0 saturated heterocycles. The number of amides is 1. The molecule has 10 heteroatoms. The number of sulfonamides is 1. The van der Waals surface area contributed by atoms with Gasteiger partial charge in [-0.2, -0.15) is 14.4 Å². The highest BCUT2D eigenvalue weighted by molar-refractivity contribution is 7.89. The lowest BCUT2D eigenvalue weighted by Crippen LogP contribution is -2.30. The lowest BCUT2D eigenvalue weighted by atomic mass is 10.2. The van der Waals surface area contributed by atoms with Crippen LogP contribution in [0.3, 0.4) is 0 Å². The number of thiazole rings is 1. The molecule has 41 heavy (non-hydrogen) atoms. The Labute approximate surface area is 243 Å². The van der Waals surface area contributed by atoms with Crippen molar-refractivity contribution < 1.29 is 17.9 Å². The number of hydrogen-bond acceptors (Lipinski definition) is 7. The van der Waals surface area contributed by atoms with Gasteiger partial charge in [0.25, 0.3) is 5.91 Å². The van der Waals surface area contributed by atoms with E-state index in [9.17, 15) is 13.2 Å². The summed E-state index contributed by atoms with van der Waals surface area (Å²) < 4.78 is 34.4. The summed E-state index contributed by atoms with van der Waals surface area (Å²) >= 11 is 1.31. The summed E-state index contributed by atoms with van der Waals surface area (Å²) in [5.74, 6) is 0.243. The molecule has 0 aliphatic rings. The fraction of sp³-hybridized carbons (Fsp3) is 0.129. The second kappa shape index (κ2) is 12.4. The summed E-state index contributed by atoms with van der Waals surface area (Å²) in [6.07, 6.45) is 1.59. The van der Waals surface area contributed by atoms with Crippen molar-refractivity contribution in [2.75, 3.05) is 18.7 Å². The molecule has 0 saturated carbocycles. The van der Waals surface area contributed by atoms with Crippen molar-refractivity contribution in [3.63, 3.8) is 0 Å². The third kappa shape index (κ3) is 6.35. The van der Waals surface area contributed by atoms with Gasteiger partial charge in [-0.15, -0.1) is 0 Å². The highest BCUT2D eigenvalue weighted by atomic mass is 32.2. The molecule has 1 heterocycles. The minimum Gasteiger partial charge on any atom is -0.497 e. The maximum atomic E-state index is 13.8. The molecule has 5 aromatic rings. The van der Waals surface area contributed by atoms with Gasteiger partial charge in [-0.1, -0.05) is 78.9 Å². The zero-order valence-electron chi connectivity index (χ0n) is 22.5. The van der Waals surface area contributed by atoms with Crippen molar-refractivity contribution in [2.24, 2.45) is 5.10 Å². The number of hydrogen-bond donors (Lipinski definition) is 0. The van der Waals surface area contributed by atoms with E-state index in [1.54, 1.807) is 20.2 Å². The predicted molar refractivity (Wildman–Crippen MR) is 163 cm³/mol. The second-order valence-electron chi connectivity index (χ2n) is 9.04. The smallest absolute Gasteiger partial charge is 0.280 e. The number of carbonyl (C=O) groups is 1. The van der Waals surface area contributed by atoms with Gasteiger partial charge in [0, 0.05) is 18.7 Å². The largest absolute Gasteiger partial charge is 0.497 e. The molecule has 0 unspecified atom stereocenters. The number of fused-ring (bicyclic) bond motifs is 1. The Morgan fingerprint density at radius 1 is 0.951 bits per heavy atom. The molecule has 208 valence electrons. The number of methoxy groups -OCH3 is 1. The molecule has 1 aromatic heterocycles. The summed E-state index contributed by atoms with van der Waals surface area (Å²) in [7, 11) is -2.19. The monoisotopic (exact) mass is 584 g/mol. The first-order chi connectivity index (χ1) is 19.9. The number of carbonyl (C=O) groups excluding carboxylic acids is 1. The molecule has 0 aliphatic carbocycles. The van der Waals surface area contributed by atoms with E-state index in [4.69, 9.17) is 4.74 Å². The molecule has 0 spiro atoms. The van der Waals surface area contributed by atoms with Gasteiger partial charge in [-0.3, -0.25) is 4.79 Å². The standard InChI is InChI=1S/C31H28N4O4S2/c1-3-34(22-24-12-8-5-9-13-24)41(37,38)27-17-14-25(15-18-27)30(36)35(32-21-23-10-6-4-7-11-23)31-33-28-19-16-26(39-2)20-29(28)40-31/h4-21H,3,22H2,1-2H3/b32-21+. The quantitative estimate of drug-likeness (QED) is 0.144. The van der Waals surface area contributed by atoms with Gasteiger partial charge in [-0.25, -0.2) is 13.4 Å². The summed E-state index contributed by atoms with van der Waals surface area (Å²) in [5.41, 5.74) is 2.69. The Balaban J connectivity index is 1.45. The van der Waals surface area contributed by atoms with Crippen molar-refractivity contribution in [1.82, 2.24) is 9.29 Å². The lowest BCUT2D eigenvalue weighted by molar-refractivity contribution is 0.0987. The molecule has 0 aliphatic heterocycles. The second-order valence-corrected chi connectivity index (χ2v) is 12.0. The SMILES string of the molecule is CCN(Cc1ccccc1)S(=O)(=O)c1ccc(C(=O)N(/N=C/c2ccccc2)c2nc3ccc(OC)cc3s2)cc1. The molecule has 1 amide bonds. The summed E-state index contributed by atoms with van der Waals surface area (Å²) in [6.45, 7) is 2.36. The van der Waals surface area contributed by atoms with Gasteiger partial charge in [0.2, 0.25) is 15.2 Å². The number of hydrazone groups is 1. The minimum absolute atomic E-state index is 0.109. The first-order valence-electron chi connectivity index (χ1n) is 12.9. The molecule has 0 atom stereocenters. The number of nitrogens with zero attached hydrogens (tertiary/aromatic N) is 4. The molecule has 0 fully saturated rings. The van der Waals surface area contributed by atoms with Crippen molar-refractivity contribution in [3.8, 4) is 5.75 Å². The fourth-order valence-corrected chi connectivity index (χ4v) is 6.54. The van der Waals surface area contributed by atoms with Crippen LogP contribution in [0, 0.1) is 0 Å². The molecule has 5 rings (SSSR count). The van der Waals surface area contributed by atoms with Crippen molar-refractivity contribution in [2.45, 2.75) is 18.4 Å². The Morgan fingerprint density at radius 2 is 1.63 bits per heavy atom. The van der Waals surface area contributed by atoms with E-state index < -0.39 is 15.9 Å². The van der Waals surface area contributed by atoms with Crippen molar-refractivity contribution in [3.05, 3.63) is 120 Å². The number of ether oxygens (including phenoxy) is 1. The Kier molecular flexibility index (Phi) is 8.53. The van der Waals surface area contributed by atoms with Crippen LogP contribution < -0.4 is 9.75 Å². The van der Waals surface area contributed by atoms with E-state index >= 15 is 0 Å². The van der Waals surface area contributed by atoms with Crippen LogP contribution in [0.15, 0.2) is 113 Å². The topological polar surface area (TPSA) is 92.2 Å². The third-order valence-electron chi connectivity index (χ3n) is 6.37. The first kappa shape index (κ1) is 28.2. The Morgan fingerprint density at radius 3 is 2.29 bits per heavy atom. The van der Waals surface area contributed by atoms with Gasteiger partial charge >= 0.3 is 0 Å². The summed E-state index contributed by atoms with van der Waals surface area (Å²) in [5, 5.41) is 6.10. The van der Waals surface area contributed by atoms with E-state index in [0.29, 0.717) is 22.9 Å². The normalized spacial score (nSPS) is 11.8. The molecule has 0 radical (unpaired) electrons. The summed E-state index contributed by atoms with van der Waals surface area (Å²) in [6, 6.07) is 30.3. The van der Waals surface area contributed by atoms with Crippen LogP contribution >= 0.6 is 11.3 Å². The van der Waals surface area contributed by atoms with E-state index in [0.717, 1.165) is 15.8 Å². The first-order valence-corrected chi connectivity index (χ1v) is 15.2. The van der Waals surface area contributed by atoms with Crippen LogP contribution in [-0.2, 0) is 16.6 Å². The highest BCUT2D eigenvalue weighted by Gasteiger charge is 2.25. The van der Waals surface area contributed by atoms with Gasteiger partial charge in [0.15, 0.2) is 0 Å². The van der Waals surface area contributed by atoms with Gasteiger partial charge < -0.3 is 4.74 Å². The van der Waals surface area contributed by atoms with Crippen LogP contribution in [-0.4, -0.2) is 43.5 Å². The van der Waals surface area contributed by atoms with Crippen LogP contribution in [0.2, 0.25) is 0 Å². The maximum Gasteiger partial charge on any atom is 0.280 e. The van der Waals surface area contributed by atoms with Crippen LogP contribution in [0.25, 0.3) is 10.2 Å². The number of anilines is 1. The number of benzene rings is 4. The Hall–Kier alpha value is -4.38. The zero-order valence-corrected chi connectivity index (χ0v) is 24.2. The lowest BCUT2D eigenvalue weighted by Gasteiger charge is -2.21. The molecule has 0 bridgehead atoms. The average Bonchev–Trinajstić information content (AvgIpc) is 3.44. The molecule has 4 aromatic carbocycles. The molecule has 0 N–H and O–H groups in total. The predicted octanol–water partition coefficient (Wildman–Crippen LogP) is 6.20. The van der Waals surface area contributed by atoms with E-state index in [1.165, 1.54) is 44.9 Å². The van der Waals surface area contributed by atoms with E-state index in [1.807, 2.05) is 78.9 Å². The third-order valence-corrected chi connectivity index (χ3v) is 9.30. The summed E-state index contributed by atoms with van der Waals surface area (Å²) in [4.78, 5) is 18.5. The minimum atomic E-state index is -3.78. The molecule has 8 nitrogen and oxygen atoms in total. The van der Waals surface area contributed by atoms with Gasteiger partial charge in [-0.05, 0) is 53.6 Å². The van der Waals surface area contributed by atoms with E-state index in [2.05, 4.69) is 10.1 Å². The van der Waals surface area contributed by atoms with Crippen LogP contribution in [0.4, 0.5) is 5.13 Å². The maximum absolute atomic E-state index is 13.8.